The molecule has 2 unspecified atom stereocenters. The van der Waals surface area contributed by atoms with E-state index in [0.717, 1.165) is 16.9 Å². The predicted octanol–water partition coefficient (Wildman–Crippen LogP) is 0.876. The molecule has 104 valence electrons. The molecular formula is C13H19N3O2S. The molecule has 1 heterocycles. The molecule has 2 rings (SSSR count). The lowest BCUT2D eigenvalue weighted by Gasteiger charge is -2.17. The first-order valence-corrected chi connectivity index (χ1v) is 8.11. The van der Waals surface area contributed by atoms with Crippen LogP contribution in [0.2, 0.25) is 0 Å². The van der Waals surface area contributed by atoms with Crippen LogP contribution in [0.15, 0.2) is 24.3 Å². The predicted molar refractivity (Wildman–Crippen MR) is 76.7 cm³/mol. The van der Waals surface area contributed by atoms with Crippen molar-refractivity contribution in [3.8, 4) is 0 Å². The molecule has 1 aromatic heterocycles. The van der Waals surface area contributed by atoms with Crippen LogP contribution < -0.4 is 5.73 Å². The number of nitrogens with two attached hydrogens (primary N) is 1. The summed E-state index contributed by atoms with van der Waals surface area (Å²) in [6, 6.07) is 7.35. The summed E-state index contributed by atoms with van der Waals surface area (Å²) in [4.78, 5) is 4.50. The first kappa shape index (κ1) is 14.0. The Labute approximate surface area is 113 Å². The van der Waals surface area contributed by atoms with Gasteiger partial charge in [-0.1, -0.05) is 12.1 Å². The van der Waals surface area contributed by atoms with Gasteiger partial charge in [-0.15, -0.1) is 0 Å². The SMILES string of the molecule is CC(C(N)Cc1nc2ccccc2n1C)S(C)(=O)=O. The maximum absolute atomic E-state index is 11.5. The number of rotatable bonds is 4. The number of aromatic nitrogens is 2. The quantitative estimate of drug-likeness (QED) is 0.902. The van der Waals surface area contributed by atoms with Gasteiger partial charge in [0.1, 0.15) is 5.82 Å². The molecule has 2 N–H and O–H groups in total. The van der Waals surface area contributed by atoms with Gasteiger partial charge >= 0.3 is 0 Å². The summed E-state index contributed by atoms with van der Waals surface area (Å²) in [6.07, 6.45) is 1.66. The zero-order valence-electron chi connectivity index (χ0n) is 11.4. The second-order valence-corrected chi connectivity index (χ2v) is 7.38. The van der Waals surface area contributed by atoms with E-state index >= 15 is 0 Å². The lowest BCUT2D eigenvalue weighted by Crippen LogP contribution is -2.40. The highest BCUT2D eigenvalue weighted by Crippen LogP contribution is 2.16. The van der Waals surface area contributed by atoms with Crippen molar-refractivity contribution in [1.29, 1.82) is 0 Å². The van der Waals surface area contributed by atoms with Crippen molar-refractivity contribution in [3.05, 3.63) is 30.1 Å². The van der Waals surface area contributed by atoms with E-state index in [2.05, 4.69) is 4.98 Å². The first-order chi connectivity index (χ1) is 8.80. The second-order valence-electron chi connectivity index (χ2n) is 4.98. The molecule has 0 saturated heterocycles. The van der Waals surface area contributed by atoms with Crippen LogP contribution in [0, 0.1) is 0 Å². The van der Waals surface area contributed by atoms with E-state index < -0.39 is 21.1 Å². The highest BCUT2D eigenvalue weighted by atomic mass is 32.2. The van der Waals surface area contributed by atoms with Gasteiger partial charge in [0.25, 0.3) is 0 Å². The van der Waals surface area contributed by atoms with Gasteiger partial charge in [0.15, 0.2) is 9.84 Å². The minimum absolute atomic E-state index is 0.444. The van der Waals surface area contributed by atoms with Gasteiger partial charge in [-0.05, 0) is 19.1 Å². The molecule has 19 heavy (non-hydrogen) atoms. The topological polar surface area (TPSA) is 78.0 Å². The van der Waals surface area contributed by atoms with Crippen LogP contribution in [0.3, 0.4) is 0 Å². The highest BCUT2D eigenvalue weighted by molar-refractivity contribution is 7.91. The number of aryl methyl sites for hydroxylation is 1. The van der Waals surface area contributed by atoms with Crippen LogP contribution in [0.5, 0.6) is 0 Å². The number of sulfone groups is 1. The molecule has 1 aromatic carbocycles. The van der Waals surface area contributed by atoms with Gasteiger partial charge in [0.2, 0.25) is 0 Å². The lowest BCUT2D eigenvalue weighted by molar-refractivity contribution is 0.554. The van der Waals surface area contributed by atoms with Crippen LogP contribution in [0.25, 0.3) is 11.0 Å². The molecule has 2 aromatic rings. The van der Waals surface area contributed by atoms with Crippen LogP contribution in [0.1, 0.15) is 12.7 Å². The molecule has 0 saturated carbocycles. The van der Waals surface area contributed by atoms with Crippen molar-refractivity contribution >= 4 is 20.9 Å². The summed E-state index contributed by atoms with van der Waals surface area (Å²) in [5.41, 5.74) is 7.92. The Morgan fingerprint density at radius 3 is 2.58 bits per heavy atom. The fourth-order valence-electron chi connectivity index (χ4n) is 2.07. The Morgan fingerprint density at radius 2 is 2.00 bits per heavy atom. The maximum atomic E-state index is 11.5. The van der Waals surface area contributed by atoms with Crippen LogP contribution in [0.4, 0.5) is 0 Å². The van der Waals surface area contributed by atoms with E-state index in [4.69, 9.17) is 5.73 Å². The maximum Gasteiger partial charge on any atom is 0.151 e. The number of imidazole rings is 1. The number of fused-ring (bicyclic) bond motifs is 1. The summed E-state index contributed by atoms with van der Waals surface area (Å²) in [7, 11) is -1.21. The zero-order valence-corrected chi connectivity index (χ0v) is 12.2. The molecule has 0 spiro atoms. The van der Waals surface area contributed by atoms with Crippen LogP contribution in [-0.4, -0.2) is 35.5 Å². The van der Waals surface area contributed by atoms with E-state index in [9.17, 15) is 8.42 Å². The molecule has 0 amide bonds. The smallest absolute Gasteiger partial charge is 0.151 e. The molecule has 0 aliphatic carbocycles. The fraction of sp³-hybridized carbons (Fsp3) is 0.462. The Kier molecular flexibility index (Phi) is 3.64. The van der Waals surface area contributed by atoms with E-state index in [1.165, 1.54) is 6.26 Å². The summed E-state index contributed by atoms with van der Waals surface area (Å²) in [6.45, 7) is 1.64. The number of hydrogen-bond donors (Lipinski definition) is 1. The Hall–Kier alpha value is -1.40. The summed E-state index contributed by atoms with van der Waals surface area (Å²) >= 11 is 0. The van der Waals surface area contributed by atoms with Gasteiger partial charge < -0.3 is 10.3 Å². The third-order valence-corrected chi connectivity index (χ3v) is 5.28. The van der Waals surface area contributed by atoms with Gasteiger partial charge in [0, 0.05) is 25.8 Å². The lowest BCUT2D eigenvalue weighted by atomic mass is 10.1. The molecule has 0 aliphatic heterocycles. The molecule has 5 nitrogen and oxygen atoms in total. The number of hydrogen-bond acceptors (Lipinski definition) is 4. The number of nitrogens with zero attached hydrogens (tertiary/aromatic N) is 2. The third-order valence-electron chi connectivity index (χ3n) is 3.58. The van der Waals surface area contributed by atoms with Crippen molar-refractivity contribution in [2.45, 2.75) is 24.6 Å². The third kappa shape index (κ3) is 2.79. The van der Waals surface area contributed by atoms with E-state index in [-0.39, 0.29) is 0 Å². The first-order valence-electron chi connectivity index (χ1n) is 6.15. The Morgan fingerprint density at radius 1 is 1.37 bits per heavy atom. The average Bonchev–Trinajstić information content (AvgIpc) is 2.65. The Balaban J connectivity index is 2.29. The average molecular weight is 281 g/mol. The van der Waals surface area contributed by atoms with Gasteiger partial charge in [-0.2, -0.15) is 0 Å². The number of para-hydroxylation sites is 2. The van der Waals surface area contributed by atoms with Crippen molar-refractivity contribution in [3.63, 3.8) is 0 Å². The van der Waals surface area contributed by atoms with Crippen molar-refractivity contribution in [2.24, 2.45) is 12.8 Å². The normalized spacial score (nSPS) is 15.6. The van der Waals surface area contributed by atoms with Crippen molar-refractivity contribution in [1.82, 2.24) is 9.55 Å². The summed E-state index contributed by atoms with van der Waals surface area (Å²) in [5, 5.41) is -0.577. The second kappa shape index (κ2) is 4.94. The van der Waals surface area contributed by atoms with Gasteiger partial charge in [-0.25, -0.2) is 13.4 Å². The van der Waals surface area contributed by atoms with Gasteiger partial charge in [-0.3, -0.25) is 0 Å². The molecule has 0 radical (unpaired) electrons. The monoisotopic (exact) mass is 281 g/mol. The largest absolute Gasteiger partial charge is 0.331 e. The number of benzene rings is 1. The van der Waals surface area contributed by atoms with E-state index in [1.807, 2.05) is 35.9 Å². The standard InChI is InChI=1S/C13H19N3O2S/c1-9(19(3,17)18)10(14)8-13-15-11-6-4-5-7-12(11)16(13)2/h4-7,9-10H,8,14H2,1-3H3. The fourth-order valence-corrected chi connectivity index (χ4v) is 2.80. The highest BCUT2D eigenvalue weighted by Gasteiger charge is 2.24. The van der Waals surface area contributed by atoms with E-state index in [1.54, 1.807) is 6.92 Å². The molecular weight excluding hydrogens is 262 g/mol. The summed E-state index contributed by atoms with van der Waals surface area (Å²) in [5.74, 6) is 0.809. The molecule has 0 fully saturated rings. The molecule has 0 aliphatic rings. The van der Waals surface area contributed by atoms with Crippen LogP contribution >= 0.6 is 0 Å². The van der Waals surface area contributed by atoms with Crippen molar-refractivity contribution in [2.75, 3.05) is 6.26 Å². The minimum Gasteiger partial charge on any atom is -0.331 e. The molecule has 6 heteroatoms. The van der Waals surface area contributed by atoms with Gasteiger partial charge in [0.05, 0.1) is 16.3 Å². The van der Waals surface area contributed by atoms with Crippen molar-refractivity contribution < 1.29 is 8.42 Å². The van der Waals surface area contributed by atoms with E-state index in [0.29, 0.717) is 6.42 Å². The Bertz CT molecular complexity index is 691. The summed E-state index contributed by atoms with van der Waals surface area (Å²) < 4.78 is 25.0. The molecule has 0 bridgehead atoms. The zero-order chi connectivity index (χ0) is 14.2. The molecule has 2 atom stereocenters. The van der Waals surface area contributed by atoms with Crippen LogP contribution in [-0.2, 0) is 23.3 Å². The minimum atomic E-state index is -3.13.